The lowest BCUT2D eigenvalue weighted by molar-refractivity contribution is -0.143. The van der Waals surface area contributed by atoms with E-state index < -0.39 is 0 Å². The van der Waals surface area contributed by atoms with Gasteiger partial charge in [-0.15, -0.1) is 0 Å². The van der Waals surface area contributed by atoms with Gasteiger partial charge >= 0.3 is 5.97 Å². The van der Waals surface area contributed by atoms with E-state index in [9.17, 15) is 9.59 Å². The van der Waals surface area contributed by atoms with Crippen LogP contribution in [0.2, 0.25) is 0 Å². The van der Waals surface area contributed by atoms with Crippen LogP contribution in [0.4, 0.5) is 0 Å². The molecule has 0 amide bonds. The molecule has 0 bridgehead atoms. The maximum absolute atomic E-state index is 12.9. The maximum atomic E-state index is 12.9. The molecule has 0 unspecified atom stereocenters. The molecule has 26 heavy (non-hydrogen) atoms. The number of carbonyl (C=O) groups is 1. The van der Waals surface area contributed by atoms with Crippen molar-refractivity contribution in [3.8, 4) is 0 Å². The summed E-state index contributed by atoms with van der Waals surface area (Å²) in [4.78, 5) is 29.2. The van der Waals surface area contributed by atoms with Gasteiger partial charge in [-0.2, -0.15) is 0 Å². The highest BCUT2D eigenvalue weighted by atomic mass is 16.5. The van der Waals surface area contributed by atoms with E-state index in [-0.39, 0.29) is 24.5 Å². The fourth-order valence-corrected chi connectivity index (χ4v) is 2.70. The quantitative estimate of drug-likeness (QED) is 0.640. The second-order valence-electron chi connectivity index (χ2n) is 5.74. The average Bonchev–Trinajstić information content (AvgIpc) is 2.67. The molecule has 0 atom stereocenters. The fourth-order valence-electron chi connectivity index (χ4n) is 2.70. The number of esters is 1. The molecule has 0 N–H and O–H groups in total. The third-order valence-corrected chi connectivity index (χ3v) is 3.96. The molecule has 5 heteroatoms. The van der Waals surface area contributed by atoms with Crippen LogP contribution in [0.1, 0.15) is 24.7 Å². The first-order valence-corrected chi connectivity index (χ1v) is 8.57. The predicted molar refractivity (Wildman–Crippen MR) is 103 cm³/mol. The van der Waals surface area contributed by atoms with Gasteiger partial charge in [-0.05, 0) is 30.7 Å². The molecule has 3 aromatic rings. The maximum Gasteiger partial charge on any atom is 0.307 e. The minimum Gasteiger partial charge on any atom is -0.466 e. The molecule has 1 heterocycles. The molecule has 0 spiro atoms. The van der Waals surface area contributed by atoms with Gasteiger partial charge in [-0.3, -0.25) is 14.2 Å². The number of benzene rings is 2. The summed E-state index contributed by atoms with van der Waals surface area (Å²) < 4.78 is 6.49. The Morgan fingerprint density at radius 1 is 1.08 bits per heavy atom. The number of aromatic nitrogens is 2. The van der Waals surface area contributed by atoms with E-state index in [1.165, 1.54) is 4.57 Å². The molecule has 0 aliphatic heterocycles. The van der Waals surface area contributed by atoms with Crippen LogP contribution in [0.5, 0.6) is 0 Å². The van der Waals surface area contributed by atoms with Gasteiger partial charge in [0.25, 0.3) is 5.56 Å². The number of para-hydroxylation sites is 1. The van der Waals surface area contributed by atoms with Gasteiger partial charge in [-0.1, -0.05) is 48.5 Å². The standard InChI is InChI=1S/C21H20N2O3/c1-2-26-20(24)14-15-23-19(13-12-16-8-4-3-5-9-16)22-18-11-7-6-10-17(18)21(23)25/h3-13H,2,14-15H2,1H3/b13-12+. The summed E-state index contributed by atoms with van der Waals surface area (Å²) in [6.07, 6.45) is 3.83. The highest BCUT2D eigenvalue weighted by molar-refractivity contribution is 5.79. The molecule has 0 saturated carbocycles. The lowest BCUT2D eigenvalue weighted by atomic mass is 10.2. The zero-order chi connectivity index (χ0) is 18.4. The van der Waals surface area contributed by atoms with Gasteiger partial charge in [-0.25, -0.2) is 4.98 Å². The Kier molecular flexibility index (Phi) is 5.59. The Balaban J connectivity index is 2.01. The number of hydrogen-bond donors (Lipinski definition) is 0. The summed E-state index contributed by atoms with van der Waals surface area (Å²) in [5, 5.41) is 0.535. The topological polar surface area (TPSA) is 61.2 Å². The molecule has 0 radical (unpaired) electrons. The number of hydrogen-bond acceptors (Lipinski definition) is 4. The molecular weight excluding hydrogens is 328 g/mol. The van der Waals surface area contributed by atoms with Crippen LogP contribution < -0.4 is 5.56 Å². The van der Waals surface area contributed by atoms with Gasteiger partial charge in [0, 0.05) is 6.54 Å². The van der Waals surface area contributed by atoms with Crippen LogP contribution in [0, 0.1) is 0 Å². The molecule has 0 fully saturated rings. The molecule has 0 aliphatic carbocycles. The third kappa shape index (κ3) is 4.06. The number of nitrogens with zero attached hydrogens (tertiary/aromatic N) is 2. The van der Waals surface area contributed by atoms with Gasteiger partial charge < -0.3 is 4.74 Å². The summed E-state index contributed by atoms with van der Waals surface area (Å²) in [6, 6.07) is 17.0. The Bertz CT molecular complexity index is 991. The molecule has 5 nitrogen and oxygen atoms in total. The van der Waals surface area contributed by atoms with E-state index in [4.69, 9.17) is 4.74 Å². The Labute approximate surface area is 151 Å². The van der Waals surface area contributed by atoms with Crippen molar-refractivity contribution in [2.24, 2.45) is 0 Å². The van der Waals surface area contributed by atoms with E-state index in [2.05, 4.69) is 4.98 Å². The Morgan fingerprint density at radius 3 is 2.58 bits per heavy atom. The van der Waals surface area contributed by atoms with Gasteiger partial charge in [0.05, 0.1) is 23.9 Å². The monoisotopic (exact) mass is 348 g/mol. The lowest BCUT2D eigenvalue weighted by Gasteiger charge is -2.11. The lowest BCUT2D eigenvalue weighted by Crippen LogP contribution is -2.25. The summed E-state index contributed by atoms with van der Waals surface area (Å²) in [6.45, 7) is 2.31. The average molecular weight is 348 g/mol. The van der Waals surface area contributed by atoms with Crippen molar-refractivity contribution in [2.45, 2.75) is 19.9 Å². The van der Waals surface area contributed by atoms with Crippen LogP contribution in [-0.4, -0.2) is 22.1 Å². The second-order valence-corrected chi connectivity index (χ2v) is 5.74. The van der Waals surface area contributed by atoms with Gasteiger partial charge in [0.2, 0.25) is 0 Å². The number of fused-ring (bicyclic) bond motifs is 1. The molecule has 2 aromatic carbocycles. The summed E-state index contributed by atoms with van der Waals surface area (Å²) in [5.74, 6) is 0.187. The number of carbonyl (C=O) groups excluding carboxylic acids is 1. The summed E-state index contributed by atoms with van der Waals surface area (Å²) >= 11 is 0. The molecular formula is C21H20N2O3. The van der Waals surface area contributed by atoms with Crippen LogP contribution in [-0.2, 0) is 16.1 Å². The highest BCUT2D eigenvalue weighted by Gasteiger charge is 2.11. The molecule has 3 rings (SSSR count). The van der Waals surface area contributed by atoms with Crippen molar-refractivity contribution >= 4 is 29.0 Å². The van der Waals surface area contributed by atoms with Crippen LogP contribution >= 0.6 is 0 Å². The first-order valence-electron chi connectivity index (χ1n) is 8.57. The zero-order valence-electron chi connectivity index (χ0n) is 14.6. The first-order chi connectivity index (χ1) is 12.7. The fraction of sp³-hybridized carbons (Fsp3) is 0.190. The molecule has 0 saturated heterocycles. The summed E-state index contributed by atoms with van der Waals surface area (Å²) in [5.41, 5.74) is 1.48. The largest absolute Gasteiger partial charge is 0.466 e. The van der Waals surface area contributed by atoms with E-state index in [0.29, 0.717) is 23.3 Å². The van der Waals surface area contributed by atoms with Crippen molar-refractivity contribution in [3.63, 3.8) is 0 Å². The van der Waals surface area contributed by atoms with Crippen molar-refractivity contribution in [3.05, 3.63) is 76.3 Å². The minimum absolute atomic E-state index is 0.125. The van der Waals surface area contributed by atoms with E-state index in [1.54, 1.807) is 25.1 Å². The number of ether oxygens (including phenoxy) is 1. The highest BCUT2D eigenvalue weighted by Crippen LogP contribution is 2.11. The van der Waals surface area contributed by atoms with Gasteiger partial charge in [0.1, 0.15) is 5.82 Å². The minimum atomic E-state index is -0.328. The smallest absolute Gasteiger partial charge is 0.307 e. The number of rotatable bonds is 6. The van der Waals surface area contributed by atoms with Crippen LogP contribution in [0.25, 0.3) is 23.1 Å². The predicted octanol–water partition coefficient (Wildman–Crippen LogP) is 3.52. The van der Waals surface area contributed by atoms with Crippen molar-refractivity contribution in [1.29, 1.82) is 0 Å². The van der Waals surface area contributed by atoms with Crippen molar-refractivity contribution in [2.75, 3.05) is 6.61 Å². The third-order valence-electron chi connectivity index (χ3n) is 3.96. The molecule has 0 aliphatic rings. The van der Waals surface area contributed by atoms with Crippen molar-refractivity contribution < 1.29 is 9.53 Å². The zero-order valence-corrected chi connectivity index (χ0v) is 14.6. The van der Waals surface area contributed by atoms with E-state index in [1.807, 2.05) is 48.5 Å². The van der Waals surface area contributed by atoms with E-state index in [0.717, 1.165) is 5.56 Å². The molecule has 132 valence electrons. The summed E-state index contributed by atoms with van der Waals surface area (Å²) in [7, 11) is 0. The molecule has 1 aromatic heterocycles. The second kappa shape index (κ2) is 8.25. The SMILES string of the molecule is CCOC(=O)CCn1c(/C=C/c2ccccc2)nc2ccccc2c1=O. The van der Waals surface area contributed by atoms with Crippen LogP contribution in [0.15, 0.2) is 59.4 Å². The van der Waals surface area contributed by atoms with E-state index >= 15 is 0 Å². The Morgan fingerprint density at radius 2 is 1.81 bits per heavy atom. The first kappa shape index (κ1) is 17.6. The van der Waals surface area contributed by atoms with Gasteiger partial charge in [0.15, 0.2) is 0 Å². The normalized spacial score (nSPS) is 11.1. The Hall–Kier alpha value is -3.21. The van der Waals surface area contributed by atoms with Crippen LogP contribution in [0.3, 0.4) is 0 Å². The van der Waals surface area contributed by atoms with Crippen molar-refractivity contribution in [1.82, 2.24) is 9.55 Å².